The van der Waals surface area contributed by atoms with Crippen molar-refractivity contribution in [2.75, 3.05) is 13.1 Å². The molecule has 3 nitrogen and oxygen atoms in total. The van der Waals surface area contributed by atoms with Gasteiger partial charge in [0.15, 0.2) is 0 Å². The lowest BCUT2D eigenvalue weighted by Crippen LogP contribution is -2.46. The van der Waals surface area contributed by atoms with Crippen LogP contribution in [0.15, 0.2) is 0 Å². The van der Waals surface area contributed by atoms with Gasteiger partial charge in [0.2, 0.25) is 0 Å². The topological polar surface area (TPSA) is 53.1 Å². The molecule has 15 heavy (non-hydrogen) atoms. The largest absolute Gasteiger partial charge is 0.387 e. The third-order valence-electron chi connectivity index (χ3n) is 4.15. The normalized spacial score (nSPS) is 33.7. The van der Waals surface area contributed by atoms with E-state index in [9.17, 15) is 0 Å². The summed E-state index contributed by atoms with van der Waals surface area (Å²) in [6.45, 7) is 4.29. The Labute approximate surface area is 92.5 Å². The zero-order valence-electron chi connectivity index (χ0n) is 9.71. The van der Waals surface area contributed by atoms with E-state index in [1.165, 1.54) is 38.6 Å². The maximum Gasteiger partial charge on any atom is 0.0947 e. The Hall–Kier alpha value is -0.570. The number of amidine groups is 1. The van der Waals surface area contributed by atoms with Crippen LogP contribution in [0, 0.1) is 17.2 Å². The Morgan fingerprint density at radius 1 is 1.40 bits per heavy atom. The average Bonchev–Trinajstić information content (AvgIpc) is 2.66. The molecule has 2 rings (SSSR count). The van der Waals surface area contributed by atoms with Crippen molar-refractivity contribution in [1.29, 1.82) is 5.41 Å². The first kappa shape index (κ1) is 10.9. The van der Waals surface area contributed by atoms with Crippen molar-refractivity contribution in [3.8, 4) is 0 Å². The van der Waals surface area contributed by atoms with Gasteiger partial charge in [-0.05, 0) is 38.1 Å². The number of likely N-dealkylation sites (tertiary alicyclic amines) is 1. The molecule has 0 spiro atoms. The third kappa shape index (κ3) is 2.33. The van der Waals surface area contributed by atoms with Gasteiger partial charge in [-0.1, -0.05) is 13.3 Å². The molecule has 3 atom stereocenters. The fourth-order valence-corrected chi connectivity index (χ4v) is 3.23. The molecule has 0 bridgehead atoms. The lowest BCUT2D eigenvalue weighted by atomic mass is 9.91. The maximum atomic E-state index is 7.46. The highest BCUT2D eigenvalue weighted by Crippen LogP contribution is 2.36. The molecule has 1 aliphatic carbocycles. The van der Waals surface area contributed by atoms with E-state index in [0.717, 1.165) is 18.5 Å². The van der Waals surface area contributed by atoms with Crippen molar-refractivity contribution in [2.24, 2.45) is 17.6 Å². The minimum Gasteiger partial charge on any atom is -0.387 e. The molecule has 2 fully saturated rings. The Balaban J connectivity index is 1.93. The highest BCUT2D eigenvalue weighted by atomic mass is 15.2. The van der Waals surface area contributed by atoms with E-state index in [-0.39, 0.29) is 5.92 Å². The number of nitrogens with two attached hydrogens (primary N) is 1. The van der Waals surface area contributed by atoms with Gasteiger partial charge in [0.05, 0.1) is 5.84 Å². The molecule has 0 aromatic carbocycles. The molecule has 86 valence electrons. The fraction of sp³-hybridized carbons (Fsp3) is 0.917. The Bertz CT molecular complexity index is 239. The van der Waals surface area contributed by atoms with Crippen LogP contribution in [0.1, 0.15) is 39.0 Å². The first-order chi connectivity index (χ1) is 7.18. The average molecular weight is 209 g/mol. The van der Waals surface area contributed by atoms with Crippen LogP contribution in [0.25, 0.3) is 0 Å². The summed E-state index contributed by atoms with van der Waals surface area (Å²) < 4.78 is 0. The second-order valence-electron chi connectivity index (χ2n) is 5.25. The zero-order valence-corrected chi connectivity index (χ0v) is 9.71. The predicted octanol–water partition coefficient (Wildman–Crippen LogP) is 1.82. The summed E-state index contributed by atoms with van der Waals surface area (Å²) >= 11 is 0. The van der Waals surface area contributed by atoms with E-state index < -0.39 is 0 Å². The number of fused-ring (bicyclic) bond motifs is 1. The number of rotatable bonds is 3. The summed E-state index contributed by atoms with van der Waals surface area (Å²) in [5.74, 6) is 1.51. The first-order valence-electron chi connectivity index (χ1n) is 6.26. The standard InChI is InChI=1S/C12H23N3/c1-9(12(13)14)8-15-7-3-5-10-4-2-6-11(10)15/h9-11H,2-8H2,1H3,(H3,13,14). The summed E-state index contributed by atoms with van der Waals surface area (Å²) in [5, 5.41) is 7.46. The minimum atomic E-state index is 0.226. The SMILES string of the molecule is CC(CN1CCCC2CCCC21)C(=N)N. The molecule has 1 saturated carbocycles. The van der Waals surface area contributed by atoms with Gasteiger partial charge in [-0.3, -0.25) is 10.3 Å². The molecule has 3 heteroatoms. The number of hydrogen-bond acceptors (Lipinski definition) is 2. The van der Waals surface area contributed by atoms with E-state index in [2.05, 4.69) is 11.8 Å². The van der Waals surface area contributed by atoms with Crippen LogP contribution in [0.2, 0.25) is 0 Å². The zero-order chi connectivity index (χ0) is 10.8. The van der Waals surface area contributed by atoms with Gasteiger partial charge in [0.25, 0.3) is 0 Å². The highest BCUT2D eigenvalue weighted by molar-refractivity contribution is 5.79. The van der Waals surface area contributed by atoms with Crippen LogP contribution in [-0.4, -0.2) is 29.9 Å². The molecule has 2 aliphatic rings. The summed E-state index contributed by atoms with van der Waals surface area (Å²) in [6, 6.07) is 0.806. The van der Waals surface area contributed by atoms with Crippen LogP contribution in [0.3, 0.4) is 0 Å². The molecular formula is C12H23N3. The van der Waals surface area contributed by atoms with E-state index in [1.807, 2.05) is 0 Å². The molecule has 3 N–H and O–H groups in total. The molecule has 3 unspecified atom stereocenters. The van der Waals surface area contributed by atoms with Gasteiger partial charge in [-0.15, -0.1) is 0 Å². The van der Waals surface area contributed by atoms with E-state index in [0.29, 0.717) is 5.84 Å². The summed E-state index contributed by atoms with van der Waals surface area (Å²) in [4.78, 5) is 2.59. The number of nitrogens with one attached hydrogen (secondary N) is 1. The molecule has 0 aromatic heterocycles. The third-order valence-corrected chi connectivity index (χ3v) is 4.15. The molecule has 1 aliphatic heterocycles. The molecule has 1 saturated heterocycles. The Morgan fingerprint density at radius 3 is 2.87 bits per heavy atom. The van der Waals surface area contributed by atoms with Crippen LogP contribution < -0.4 is 5.73 Å². The molecule has 0 amide bonds. The van der Waals surface area contributed by atoms with E-state index in [4.69, 9.17) is 11.1 Å². The second-order valence-corrected chi connectivity index (χ2v) is 5.25. The molecule has 1 heterocycles. The van der Waals surface area contributed by atoms with Crippen molar-refractivity contribution in [3.05, 3.63) is 0 Å². The van der Waals surface area contributed by atoms with E-state index in [1.54, 1.807) is 0 Å². The lowest BCUT2D eigenvalue weighted by molar-refractivity contribution is 0.106. The maximum absolute atomic E-state index is 7.46. The van der Waals surface area contributed by atoms with Crippen LogP contribution >= 0.6 is 0 Å². The second kappa shape index (κ2) is 4.52. The summed E-state index contributed by atoms with van der Waals surface area (Å²) in [5.41, 5.74) is 5.55. The molecule has 0 aromatic rings. The molecular weight excluding hydrogens is 186 g/mol. The predicted molar refractivity (Wildman–Crippen MR) is 63.0 cm³/mol. The quantitative estimate of drug-likeness (QED) is 0.550. The lowest BCUT2D eigenvalue weighted by Gasteiger charge is -2.39. The number of hydrogen-bond donors (Lipinski definition) is 2. The van der Waals surface area contributed by atoms with Crippen molar-refractivity contribution in [2.45, 2.75) is 45.1 Å². The van der Waals surface area contributed by atoms with Crippen molar-refractivity contribution < 1.29 is 0 Å². The van der Waals surface area contributed by atoms with Gasteiger partial charge in [-0.25, -0.2) is 0 Å². The van der Waals surface area contributed by atoms with Gasteiger partial charge in [-0.2, -0.15) is 0 Å². The van der Waals surface area contributed by atoms with Crippen molar-refractivity contribution in [3.63, 3.8) is 0 Å². The molecule has 0 radical (unpaired) electrons. The minimum absolute atomic E-state index is 0.226. The fourth-order valence-electron chi connectivity index (χ4n) is 3.23. The smallest absolute Gasteiger partial charge is 0.0947 e. The van der Waals surface area contributed by atoms with Crippen LogP contribution in [0.4, 0.5) is 0 Å². The monoisotopic (exact) mass is 209 g/mol. The Morgan fingerprint density at radius 2 is 2.13 bits per heavy atom. The van der Waals surface area contributed by atoms with Crippen molar-refractivity contribution >= 4 is 5.84 Å². The first-order valence-corrected chi connectivity index (χ1v) is 6.26. The van der Waals surface area contributed by atoms with Crippen LogP contribution in [0.5, 0.6) is 0 Å². The van der Waals surface area contributed by atoms with Gasteiger partial charge in [0, 0.05) is 18.5 Å². The summed E-state index contributed by atoms with van der Waals surface area (Å²) in [7, 11) is 0. The summed E-state index contributed by atoms with van der Waals surface area (Å²) in [6.07, 6.45) is 6.96. The van der Waals surface area contributed by atoms with Gasteiger partial charge in [0.1, 0.15) is 0 Å². The number of nitrogens with zero attached hydrogens (tertiary/aromatic N) is 1. The Kier molecular flexibility index (Phi) is 3.29. The van der Waals surface area contributed by atoms with Crippen LogP contribution in [-0.2, 0) is 0 Å². The van der Waals surface area contributed by atoms with Crippen molar-refractivity contribution in [1.82, 2.24) is 4.90 Å². The van der Waals surface area contributed by atoms with Gasteiger partial charge < -0.3 is 5.73 Å². The number of piperidine rings is 1. The highest BCUT2D eigenvalue weighted by Gasteiger charge is 2.35. The van der Waals surface area contributed by atoms with E-state index >= 15 is 0 Å². The van der Waals surface area contributed by atoms with Gasteiger partial charge >= 0.3 is 0 Å².